The fraction of sp³-hybridized carbons (Fsp3) is 0.333. The van der Waals surface area contributed by atoms with Gasteiger partial charge in [-0.25, -0.2) is 4.39 Å². The van der Waals surface area contributed by atoms with Crippen molar-refractivity contribution in [2.45, 2.75) is 25.8 Å². The van der Waals surface area contributed by atoms with Gasteiger partial charge in [-0.2, -0.15) is 0 Å². The first-order valence-corrected chi connectivity index (χ1v) is 9.16. The maximum Gasteiger partial charge on any atom is 0.262 e. The minimum atomic E-state index is -1.25. The van der Waals surface area contributed by atoms with Crippen LogP contribution in [0, 0.1) is 12.7 Å². The summed E-state index contributed by atoms with van der Waals surface area (Å²) >= 11 is 0.992. The number of rotatable bonds is 8. The van der Waals surface area contributed by atoms with E-state index in [1.807, 2.05) is 0 Å². The lowest BCUT2D eigenvalue weighted by molar-refractivity contribution is -0.0928. The zero-order valence-electron chi connectivity index (χ0n) is 15.4. The van der Waals surface area contributed by atoms with Gasteiger partial charge in [0.1, 0.15) is 0 Å². The van der Waals surface area contributed by atoms with Gasteiger partial charge in [0.2, 0.25) is 0 Å². The number of methoxy groups -OCH3 is 1. The Kier molecular flexibility index (Phi) is 7.46. The first-order valence-electron chi connectivity index (χ1n) is 8.34. The van der Waals surface area contributed by atoms with E-state index in [-0.39, 0.29) is 13.1 Å². The minimum Gasteiger partial charge on any atom is -0.505 e. The molecule has 2 unspecified atom stereocenters. The van der Waals surface area contributed by atoms with Crippen molar-refractivity contribution in [3.8, 4) is 5.75 Å². The standard InChI is InChI=1S/C18H22FN3O5S/c1-9-5-14(16(24)21-8-10-3-4-11(19)13(23)6-10)28-15(9)17(25)22-12(7-20)18(26)27-2/h3-6,12,18,23,26H,7-8,20H2,1-2H3,(H,21,24)(H,22,25). The number of aliphatic hydroxyl groups excluding tert-OH is 1. The van der Waals surface area contributed by atoms with E-state index >= 15 is 0 Å². The molecule has 2 aromatic rings. The van der Waals surface area contributed by atoms with Crippen LogP contribution in [0.25, 0.3) is 0 Å². The number of thiophene rings is 1. The summed E-state index contributed by atoms with van der Waals surface area (Å²) in [5, 5.41) is 24.3. The Morgan fingerprint density at radius 2 is 2.04 bits per heavy atom. The van der Waals surface area contributed by atoms with Gasteiger partial charge in [0, 0.05) is 20.2 Å². The van der Waals surface area contributed by atoms with Crippen molar-refractivity contribution in [2.24, 2.45) is 5.73 Å². The molecule has 10 heteroatoms. The van der Waals surface area contributed by atoms with Crippen LogP contribution in [-0.2, 0) is 11.3 Å². The van der Waals surface area contributed by atoms with E-state index in [2.05, 4.69) is 10.6 Å². The molecule has 1 aromatic carbocycles. The predicted octanol–water partition coefficient (Wildman–Crippen LogP) is 0.853. The topological polar surface area (TPSA) is 134 Å². The van der Waals surface area contributed by atoms with Gasteiger partial charge in [-0.3, -0.25) is 9.59 Å². The van der Waals surface area contributed by atoms with Crippen LogP contribution in [0.1, 0.15) is 30.5 Å². The van der Waals surface area contributed by atoms with E-state index in [0.717, 1.165) is 17.4 Å². The largest absolute Gasteiger partial charge is 0.505 e. The van der Waals surface area contributed by atoms with E-state index < -0.39 is 35.7 Å². The van der Waals surface area contributed by atoms with E-state index in [1.54, 1.807) is 13.0 Å². The van der Waals surface area contributed by atoms with Gasteiger partial charge in [0.25, 0.3) is 11.8 Å². The number of hydrogen-bond acceptors (Lipinski definition) is 7. The third kappa shape index (κ3) is 5.26. The highest BCUT2D eigenvalue weighted by Gasteiger charge is 2.23. The summed E-state index contributed by atoms with van der Waals surface area (Å²) in [7, 11) is 1.29. The molecule has 0 bridgehead atoms. The molecular formula is C18H22FN3O5S. The number of hydrogen-bond donors (Lipinski definition) is 5. The first kappa shape index (κ1) is 21.8. The molecule has 0 saturated carbocycles. The highest BCUT2D eigenvalue weighted by Crippen LogP contribution is 2.22. The lowest BCUT2D eigenvalue weighted by Gasteiger charge is -2.21. The van der Waals surface area contributed by atoms with E-state index in [1.165, 1.54) is 19.2 Å². The number of aliphatic hydroxyl groups is 1. The van der Waals surface area contributed by atoms with Crippen LogP contribution in [0.5, 0.6) is 5.75 Å². The van der Waals surface area contributed by atoms with Crippen LogP contribution in [0.3, 0.4) is 0 Å². The Hall–Kier alpha value is -2.53. The molecule has 0 saturated heterocycles. The van der Waals surface area contributed by atoms with Gasteiger partial charge >= 0.3 is 0 Å². The molecule has 0 radical (unpaired) electrons. The number of phenols is 1. The van der Waals surface area contributed by atoms with Crippen molar-refractivity contribution < 1.29 is 28.9 Å². The lowest BCUT2D eigenvalue weighted by Crippen LogP contribution is -2.48. The summed E-state index contributed by atoms with van der Waals surface area (Å²) in [6, 6.07) is 4.56. The average molecular weight is 411 g/mol. The van der Waals surface area contributed by atoms with Crippen LogP contribution in [-0.4, -0.2) is 48.0 Å². The first-order chi connectivity index (χ1) is 13.3. The Morgan fingerprint density at radius 1 is 1.32 bits per heavy atom. The van der Waals surface area contributed by atoms with E-state index in [0.29, 0.717) is 20.9 Å². The van der Waals surface area contributed by atoms with Crippen LogP contribution in [0.4, 0.5) is 4.39 Å². The number of ether oxygens (including phenoxy) is 1. The monoisotopic (exact) mass is 411 g/mol. The molecule has 0 spiro atoms. The summed E-state index contributed by atoms with van der Waals surface area (Å²) in [4.78, 5) is 25.4. The zero-order valence-corrected chi connectivity index (χ0v) is 16.2. The van der Waals surface area contributed by atoms with Crippen molar-refractivity contribution in [2.75, 3.05) is 13.7 Å². The zero-order chi connectivity index (χ0) is 20.8. The minimum absolute atomic E-state index is 0.0248. The molecule has 0 aliphatic heterocycles. The highest BCUT2D eigenvalue weighted by atomic mass is 32.1. The maximum absolute atomic E-state index is 13.1. The number of carbonyl (C=O) groups is 2. The molecule has 28 heavy (non-hydrogen) atoms. The second kappa shape index (κ2) is 9.60. The van der Waals surface area contributed by atoms with Crippen LogP contribution in [0.15, 0.2) is 24.3 Å². The smallest absolute Gasteiger partial charge is 0.262 e. The summed E-state index contributed by atoms with van der Waals surface area (Å²) in [6.07, 6.45) is -1.25. The number of amides is 2. The second-order valence-electron chi connectivity index (χ2n) is 6.03. The number of nitrogens with two attached hydrogens (primary N) is 1. The van der Waals surface area contributed by atoms with Crippen LogP contribution >= 0.6 is 11.3 Å². The predicted molar refractivity (Wildman–Crippen MR) is 102 cm³/mol. The number of halogens is 1. The fourth-order valence-corrected chi connectivity index (χ4v) is 3.39. The van der Waals surface area contributed by atoms with E-state index in [9.17, 15) is 24.2 Å². The Morgan fingerprint density at radius 3 is 2.64 bits per heavy atom. The third-order valence-corrected chi connectivity index (χ3v) is 5.20. The van der Waals surface area contributed by atoms with Gasteiger partial charge in [-0.05, 0) is 36.2 Å². The normalized spacial score (nSPS) is 13.0. The molecular weight excluding hydrogens is 389 g/mol. The van der Waals surface area contributed by atoms with Crippen LogP contribution in [0.2, 0.25) is 0 Å². The fourth-order valence-electron chi connectivity index (χ4n) is 2.40. The quantitative estimate of drug-likeness (QED) is 0.409. The van der Waals surface area contributed by atoms with Gasteiger partial charge in [-0.1, -0.05) is 6.07 Å². The maximum atomic E-state index is 13.1. The van der Waals surface area contributed by atoms with Gasteiger partial charge < -0.3 is 31.3 Å². The number of nitrogens with one attached hydrogen (secondary N) is 2. The second-order valence-corrected chi connectivity index (χ2v) is 7.09. The molecule has 2 amide bonds. The Labute approximate surface area is 165 Å². The molecule has 2 atom stereocenters. The molecule has 8 nitrogen and oxygen atoms in total. The third-order valence-electron chi connectivity index (χ3n) is 3.97. The lowest BCUT2D eigenvalue weighted by atomic mass is 10.2. The van der Waals surface area contributed by atoms with Crippen LogP contribution < -0.4 is 16.4 Å². The van der Waals surface area contributed by atoms with Crippen molar-refractivity contribution in [3.05, 3.63) is 51.0 Å². The summed E-state index contributed by atoms with van der Waals surface area (Å²) < 4.78 is 17.8. The number of carbonyl (C=O) groups excluding carboxylic acids is 2. The Balaban J connectivity index is 2.04. The summed E-state index contributed by atoms with van der Waals surface area (Å²) in [6.45, 7) is 1.74. The number of aromatic hydroxyl groups is 1. The summed E-state index contributed by atoms with van der Waals surface area (Å²) in [5.41, 5.74) is 6.64. The Bertz CT molecular complexity index is 858. The molecule has 152 valence electrons. The molecule has 0 aliphatic carbocycles. The SMILES string of the molecule is COC(O)C(CN)NC(=O)c1sc(C(=O)NCc2ccc(F)c(O)c2)cc1C. The van der Waals surface area contributed by atoms with Crippen molar-refractivity contribution in [3.63, 3.8) is 0 Å². The molecule has 1 aromatic heterocycles. The van der Waals surface area contributed by atoms with E-state index in [4.69, 9.17) is 10.5 Å². The average Bonchev–Trinajstić information content (AvgIpc) is 3.07. The number of phenolic OH excluding ortho intramolecular Hbond substituents is 1. The van der Waals surface area contributed by atoms with Crippen molar-refractivity contribution in [1.82, 2.24) is 10.6 Å². The van der Waals surface area contributed by atoms with Gasteiger partial charge in [-0.15, -0.1) is 11.3 Å². The van der Waals surface area contributed by atoms with Crippen molar-refractivity contribution >= 4 is 23.2 Å². The molecule has 1 heterocycles. The van der Waals surface area contributed by atoms with Crippen molar-refractivity contribution in [1.29, 1.82) is 0 Å². The number of benzene rings is 1. The molecule has 0 aliphatic rings. The highest BCUT2D eigenvalue weighted by molar-refractivity contribution is 7.16. The van der Waals surface area contributed by atoms with Gasteiger partial charge in [0.15, 0.2) is 17.9 Å². The number of aryl methyl sites for hydroxylation is 1. The van der Waals surface area contributed by atoms with Gasteiger partial charge in [0.05, 0.1) is 15.8 Å². The molecule has 0 fully saturated rings. The summed E-state index contributed by atoms with van der Waals surface area (Å²) in [5.74, 6) is -2.13. The molecule has 6 N–H and O–H groups in total. The molecule has 2 rings (SSSR count).